The molecule has 1 aliphatic heterocycles. The molecule has 0 N–H and O–H groups in total. The second-order valence-electron chi connectivity index (χ2n) is 6.06. The summed E-state index contributed by atoms with van der Waals surface area (Å²) in [5.41, 5.74) is -0.814. The predicted molar refractivity (Wildman–Crippen MR) is 91.3 cm³/mol. The van der Waals surface area contributed by atoms with Gasteiger partial charge in [-0.1, -0.05) is 11.6 Å². The number of amides is 1. The Morgan fingerprint density at radius 3 is 2.37 bits per heavy atom. The first-order valence-electron chi connectivity index (χ1n) is 8.07. The number of anilines is 1. The van der Waals surface area contributed by atoms with E-state index in [-0.39, 0.29) is 41.2 Å². The lowest BCUT2D eigenvalue weighted by atomic mass is 10.1. The van der Waals surface area contributed by atoms with Crippen molar-refractivity contribution in [2.24, 2.45) is 0 Å². The van der Waals surface area contributed by atoms with Crippen LogP contribution in [0.5, 0.6) is 0 Å². The molecule has 0 bridgehead atoms. The normalized spacial score (nSPS) is 15.2. The maximum atomic E-state index is 13.1. The van der Waals surface area contributed by atoms with E-state index in [1.165, 1.54) is 17.9 Å². The number of halogens is 5. The molecule has 0 radical (unpaired) electrons. The SMILES string of the molecule is Cc1nc(N2CCN(C(=O)c3ccc(F)cc3Cl)CC2)cc(C(F)(F)F)n1. The Morgan fingerprint density at radius 1 is 1.11 bits per heavy atom. The molecule has 2 heterocycles. The highest BCUT2D eigenvalue weighted by Gasteiger charge is 2.34. The van der Waals surface area contributed by atoms with Crippen LogP contribution in [0.3, 0.4) is 0 Å². The standard InChI is InChI=1S/C17H15ClF4N4O/c1-10-23-14(17(20,21)22)9-15(24-10)25-4-6-26(7-5-25)16(27)12-3-2-11(19)8-13(12)18/h2-3,8-9H,4-7H2,1H3. The van der Waals surface area contributed by atoms with Crippen molar-refractivity contribution < 1.29 is 22.4 Å². The fraction of sp³-hybridized carbons (Fsp3) is 0.353. The molecule has 27 heavy (non-hydrogen) atoms. The largest absolute Gasteiger partial charge is 0.433 e. The summed E-state index contributed by atoms with van der Waals surface area (Å²) in [7, 11) is 0. The van der Waals surface area contributed by atoms with E-state index < -0.39 is 17.7 Å². The number of hydrogen-bond donors (Lipinski definition) is 0. The molecule has 10 heteroatoms. The van der Waals surface area contributed by atoms with Crippen LogP contribution in [-0.4, -0.2) is 47.0 Å². The lowest BCUT2D eigenvalue weighted by molar-refractivity contribution is -0.141. The van der Waals surface area contributed by atoms with Crippen LogP contribution in [0.1, 0.15) is 21.9 Å². The zero-order valence-electron chi connectivity index (χ0n) is 14.2. The van der Waals surface area contributed by atoms with Crippen LogP contribution in [0.2, 0.25) is 5.02 Å². The second kappa shape index (κ2) is 7.30. The van der Waals surface area contributed by atoms with Gasteiger partial charge in [-0.2, -0.15) is 13.2 Å². The average Bonchev–Trinajstić information content (AvgIpc) is 2.60. The summed E-state index contributed by atoms with van der Waals surface area (Å²) in [6.07, 6.45) is -4.56. The van der Waals surface area contributed by atoms with E-state index in [1.54, 1.807) is 4.90 Å². The summed E-state index contributed by atoms with van der Waals surface area (Å²) in [6.45, 7) is 2.56. The van der Waals surface area contributed by atoms with E-state index in [4.69, 9.17) is 11.6 Å². The Bertz CT molecular complexity index is 866. The Hall–Kier alpha value is -2.42. The van der Waals surface area contributed by atoms with Crippen molar-refractivity contribution in [2.75, 3.05) is 31.1 Å². The third-order valence-corrected chi connectivity index (χ3v) is 4.48. The number of aryl methyl sites for hydroxylation is 1. The number of aromatic nitrogens is 2. The van der Waals surface area contributed by atoms with Gasteiger partial charge in [-0.15, -0.1) is 0 Å². The lowest BCUT2D eigenvalue weighted by Gasteiger charge is -2.35. The molecule has 0 spiro atoms. The predicted octanol–water partition coefficient (Wildman–Crippen LogP) is 3.56. The molecule has 0 unspecified atom stereocenters. The highest BCUT2D eigenvalue weighted by Crippen LogP contribution is 2.30. The third kappa shape index (κ3) is 4.29. The van der Waals surface area contributed by atoms with E-state index >= 15 is 0 Å². The molecule has 1 saturated heterocycles. The molecular weight excluding hydrogens is 388 g/mol. The Balaban J connectivity index is 1.72. The molecular formula is C17H15ClF4N4O. The Morgan fingerprint density at radius 2 is 1.78 bits per heavy atom. The van der Waals surface area contributed by atoms with Crippen molar-refractivity contribution in [3.8, 4) is 0 Å². The summed E-state index contributed by atoms with van der Waals surface area (Å²) >= 11 is 5.92. The van der Waals surface area contributed by atoms with Crippen LogP contribution in [0.4, 0.5) is 23.4 Å². The highest BCUT2D eigenvalue weighted by atomic mass is 35.5. The average molecular weight is 403 g/mol. The topological polar surface area (TPSA) is 49.3 Å². The van der Waals surface area contributed by atoms with Gasteiger partial charge in [-0.05, 0) is 25.1 Å². The van der Waals surface area contributed by atoms with Gasteiger partial charge < -0.3 is 9.80 Å². The van der Waals surface area contributed by atoms with Crippen molar-refractivity contribution in [2.45, 2.75) is 13.1 Å². The molecule has 1 fully saturated rings. The van der Waals surface area contributed by atoms with Crippen molar-refractivity contribution in [1.29, 1.82) is 0 Å². The van der Waals surface area contributed by atoms with E-state index in [0.29, 0.717) is 13.1 Å². The van der Waals surface area contributed by atoms with Gasteiger partial charge in [0, 0.05) is 32.2 Å². The Labute approximate surface area is 157 Å². The van der Waals surface area contributed by atoms with Crippen LogP contribution in [0.15, 0.2) is 24.3 Å². The first kappa shape index (κ1) is 19.3. The van der Waals surface area contributed by atoms with Crippen molar-refractivity contribution in [3.63, 3.8) is 0 Å². The highest BCUT2D eigenvalue weighted by molar-refractivity contribution is 6.33. The summed E-state index contributed by atoms with van der Waals surface area (Å²) in [6, 6.07) is 4.43. The van der Waals surface area contributed by atoms with E-state index in [0.717, 1.165) is 18.2 Å². The number of rotatable bonds is 2. The first-order valence-corrected chi connectivity index (χ1v) is 8.45. The minimum absolute atomic E-state index is 0.0173. The number of carbonyl (C=O) groups excluding carboxylic acids is 1. The van der Waals surface area contributed by atoms with Gasteiger partial charge in [0.1, 0.15) is 23.2 Å². The molecule has 0 saturated carbocycles. The number of nitrogens with zero attached hydrogens (tertiary/aromatic N) is 4. The van der Waals surface area contributed by atoms with Crippen LogP contribution in [0.25, 0.3) is 0 Å². The molecule has 2 aromatic rings. The van der Waals surface area contributed by atoms with Gasteiger partial charge in [0.2, 0.25) is 0 Å². The van der Waals surface area contributed by atoms with Gasteiger partial charge in [-0.3, -0.25) is 4.79 Å². The molecule has 5 nitrogen and oxygen atoms in total. The van der Waals surface area contributed by atoms with E-state index in [9.17, 15) is 22.4 Å². The Kier molecular flexibility index (Phi) is 5.23. The summed E-state index contributed by atoms with van der Waals surface area (Å²) in [5.74, 6) is -0.700. The third-order valence-electron chi connectivity index (χ3n) is 4.17. The first-order chi connectivity index (χ1) is 12.6. The quantitative estimate of drug-likeness (QED) is 0.721. The number of hydrogen-bond acceptors (Lipinski definition) is 4. The molecule has 0 aliphatic carbocycles. The monoisotopic (exact) mass is 402 g/mol. The molecule has 3 rings (SSSR count). The smallest absolute Gasteiger partial charge is 0.353 e. The maximum absolute atomic E-state index is 13.1. The van der Waals surface area contributed by atoms with Crippen LogP contribution in [-0.2, 0) is 6.18 Å². The zero-order valence-corrected chi connectivity index (χ0v) is 15.0. The van der Waals surface area contributed by atoms with Gasteiger partial charge in [0.25, 0.3) is 5.91 Å². The van der Waals surface area contributed by atoms with Crippen LogP contribution in [0, 0.1) is 12.7 Å². The van der Waals surface area contributed by atoms with E-state index in [2.05, 4.69) is 9.97 Å². The zero-order chi connectivity index (χ0) is 19.8. The van der Waals surface area contributed by atoms with Crippen molar-refractivity contribution >= 4 is 23.3 Å². The summed E-state index contributed by atoms with van der Waals surface area (Å²) < 4.78 is 51.9. The minimum atomic E-state index is -4.56. The second-order valence-corrected chi connectivity index (χ2v) is 6.47. The summed E-state index contributed by atoms with van der Waals surface area (Å²) in [5, 5.41) is 0.0173. The molecule has 1 aromatic carbocycles. The van der Waals surface area contributed by atoms with Crippen molar-refractivity contribution in [1.82, 2.24) is 14.9 Å². The fourth-order valence-corrected chi connectivity index (χ4v) is 3.08. The van der Waals surface area contributed by atoms with Crippen LogP contribution >= 0.6 is 11.6 Å². The van der Waals surface area contributed by atoms with E-state index in [1.807, 2.05) is 0 Å². The fourth-order valence-electron chi connectivity index (χ4n) is 2.83. The van der Waals surface area contributed by atoms with Gasteiger partial charge in [-0.25, -0.2) is 14.4 Å². The number of alkyl halides is 3. The number of piperazine rings is 1. The molecule has 1 amide bonds. The lowest BCUT2D eigenvalue weighted by Crippen LogP contribution is -2.49. The van der Waals surface area contributed by atoms with Gasteiger partial charge in [0.05, 0.1) is 10.6 Å². The molecule has 0 atom stereocenters. The molecule has 1 aliphatic rings. The van der Waals surface area contributed by atoms with Crippen LogP contribution < -0.4 is 4.90 Å². The van der Waals surface area contributed by atoms with Crippen molar-refractivity contribution in [3.05, 3.63) is 52.2 Å². The maximum Gasteiger partial charge on any atom is 0.433 e. The summed E-state index contributed by atoms with van der Waals surface area (Å²) in [4.78, 5) is 23.2. The molecule has 1 aromatic heterocycles. The van der Waals surface area contributed by atoms with Gasteiger partial charge >= 0.3 is 6.18 Å². The number of carbonyl (C=O) groups is 1. The molecule has 144 valence electrons. The minimum Gasteiger partial charge on any atom is -0.353 e. The van der Waals surface area contributed by atoms with Gasteiger partial charge in [0.15, 0.2) is 0 Å². The number of benzene rings is 1.